The van der Waals surface area contributed by atoms with Gasteiger partial charge < -0.3 is 18.9 Å². The minimum atomic E-state index is -1.23. The first-order valence-electron chi connectivity index (χ1n) is 5.92. The Bertz CT molecular complexity index is 444. The standard InChI is InChI=1S/C14H16O5/c1-3-13(15)17-9-12-10-18-14(16-2,19-12)11-7-5-4-6-8-11/h3-8,12H,1,9-10H2,2H3. The summed E-state index contributed by atoms with van der Waals surface area (Å²) in [6.07, 6.45) is 0.736. The number of hydrogen-bond acceptors (Lipinski definition) is 5. The molecule has 1 aromatic rings. The Balaban J connectivity index is 2.02. The molecule has 1 fully saturated rings. The van der Waals surface area contributed by atoms with Crippen molar-refractivity contribution >= 4 is 5.97 Å². The average molecular weight is 264 g/mol. The molecule has 5 nitrogen and oxygen atoms in total. The van der Waals surface area contributed by atoms with Crippen molar-refractivity contribution in [3.05, 3.63) is 48.6 Å². The fraction of sp³-hybridized carbons (Fsp3) is 0.357. The molecule has 102 valence electrons. The van der Waals surface area contributed by atoms with Crippen LogP contribution in [0.3, 0.4) is 0 Å². The van der Waals surface area contributed by atoms with Crippen LogP contribution in [0.2, 0.25) is 0 Å². The number of esters is 1. The number of hydrogen-bond donors (Lipinski definition) is 0. The van der Waals surface area contributed by atoms with Crippen molar-refractivity contribution in [2.24, 2.45) is 0 Å². The third kappa shape index (κ3) is 3.01. The largest absolute Gasteiger partial charge is 0.460 e. The monoisotopic (exact) mass is 264 g/mol. The van der Waals surface area contributed by atoms with Crippen LogP contribution in [0, 0.1) is 0 Å². The molecule has 1 aromatic carbocycles. The molecule has 5 heteroatoms. The lowest BCUT2D eigenvalue weighted by Crippen LogP contribution is -2.31. The molecule has 0 aliphatic carbocycles. The van der Waals surface area contributed by atoms with E-state index in [2.05, 4.69) is 6.58 Å². The maximum absolute atomic E-state index is 11.0. The Morgan fingerprint density at radius 3 is 2.89 bits per heavy atom. The number of carbonyl (C=O) groups is 1. The summed E-state index contributed by atoms with van der Waals surface area (Å²) in [7, 11) is 1.51. The molecule has 2 rings (SSSR count). The lowest BCUT2D eigenvalue weighted by molar-refractivity contribution is -0.339. The molecular weight excluding hydrogens is 248 g/mol. The summed E-state index contributed by atoms with van der Waals surface area (Å²) < 4.78 is 21.6. The van der Waals surface area contributed by atoms with Crippen molar-refractivity contribution in [3.8, 4) is 0 Å². The maximum Gasteiger partial charge on any atom is 0.330 e. The van der Waals surface area contributed by atoms with Crippen molar-refractivity contribution < 1.29 is 23.7 Å². The van der Waals surface area contributed by atoms with E-state index >= 15 is 0 Å². The van der Waals surface area contributed by atoms with Crippen molar-refractivity contribution in [2.75, 3.05) is 20.3 Å². The Morgan fingerprint density at radius 2 is 2.26 bits per heavy atom. The van der Waals surface area contributed by atoms with Gasteiger partial charge in [-0.05, 0) is 0 Å². The molecule has 0 N–H and O–H groups in total. The zero-order valence-electron chi connectivity index (χ0n) is 10.7. The summed E-state index contributed by atoms with van der Waals surface area (Å²) in [4.78, 5) is 11.0. The Hall–Kier alpha value is -1.69. The molecule has 2 unspecified atom stereocenters. The summed E-state index contributed by atoms with van der Waals surface area (Å²) in [6, 6.07) is 9.33. The lowest BCUT2D eigenvalue weighted by atomic mass is 10.2. The first-order valence-corrected chi connectivity index (χ1v) is 5.92. The fourth-order valence-corrected chi connectivity index (χ4v) is 1.82. The number of rotatable bonds is 5. The predicted octanol–water partition coefficient (Wildman–Crippen LogP) is 1.59. The third-order valence-electron chi connectivity index (χ3n) is 2.76. The number of carbonyl (C=O) groups excluding carboxylic acids is 1. The molecule has 19 heavy (non-hydrogen) atoms. The molecule has 0 saturated carbocycles. The molecule has 1 aliphatic rings. The van der Waals surface area contributed by atoms with Gasteiger partial charge in [-0.25, -0.2) is 4.79 Å². The van der Waals surface area contributed by atoms with E-state index in [0.717, 1.165) is 11.6 Å². The zero-order valence-corrected chi connectivity index (χ0v) is 10.7. The van der Waals surface area contributed by atoms with Gasteiger partial charge in [0.1, 0.15) is 12.7 Å². The van der Waals surface area contributed by atoms with Gasteiger partial charge in [0.05, 0.1) is 6.61 Å². The molecule has 1 aliphatic heterocycles. The summed E-state index contributed by atoms with van der Waals surface area (Å²) in [6.45, 7) is 3.71. The van der Waals surface area contributed by atoms with E-state index in [1.54, 1.807) is 0 Å². The number of methoxy groups -OCH3 is 1. The minimum absolute atomic E-state index is 0.1000. The second kappa shape index (κ2) is 5.97. The Labute approximate surface area is 111 Å². The van der Waals surface area contributed by atoms with Crippen molar-refractivity contribution in [1.29, 1.82) is 0 Å². The van der Waals surface area contributed by atoms with E-state index in [4.69, 9.17) is 18.9 Å². The second-order valence-corrected chi connectivity index (χ2v) is 4.01. The summed E-state index contributed by atoms with van der Waals surface area (Å²) in [5.74, 6) is -1.72. The number of ether oxygens (including phenoxy) is 4. The fourth-order valence-electron chi connectivity index (χ4n) is 1.82. The van der Waals surface area contributed by atoms with Gasteiger partial charge in [-0.2, -0.15) is 0 Å². The minimum Gasteiger partial charge on any atom is -0.460 e. The SMILES string of the molecule is C=CC(=O)OCC1COC(OC)(c2ccccc2)O1. The highest BCUT2D eigenvalue weighted by Crippen LogP contribution is 2.34. The van der Waals surface area contributed by atoms with Gasteiger partial charge in [0.2, 0.25) is 0 Å². The topological polar surface area (TPSA) is 54.0 Å². The molecule has 2 atom stereocenters. The lowest BCUT2D eigenvalue weighted by Gasteiger charge is -2.26. The summed E-state index contributed by atoms with van der Waals surface area (Å²) >= 11 is 0. The molecule has 0 spiro atoms. The van der Waals surface area contributed by atoms with Gasteiger partial charge in [-0.1, -0.05) is 36.9 Å². The van der Waals surface area contributed by atoms with Crippen LogP contribution in [0.15, 0.2) is 43.0 Å². The average Bonchev–Trinajstić information content (AvgIpc) is 2.90. The van der Waals surface area contributed by atoms with Gasteiger partial charge >= 0.3 is 11.9 Å². The van der Waals surface area contributed by atoms with Crippen molar-refractivity contribution in [2.45, 2.75) is 12.1 Å². The van der Waals surface area contributed by atoms with Crippen molar-refractivity contribution in [1.82, 2.24) is 0 Å². The summed E-state index contributed by atoms with van der Waals surface area (Å²) in [5.41, 5.74) is 0.759. The summed E-state index contributed by atoms with van der Waals surface area (Å²) in [5, 5.41) is 0. The van der Waals surface area contributed by atoms with Gasteiger partial charge in [0.25, 0.3) is 0 Å². The van der Waals surface area contributed by atoms with E-state index in [9.17, 15) is 4.79 Å². The molecular formula is C14H16O5. The second-order valence-electron chi connectivity index (χ2n) is 4.01. The van der Waals surface area contributed by atoms with Crippen LogP contribution < -0.4 is 0 Å². The van der Waals surface area contributed by atoms with E-state index in [0.29, 0.717) is 0 Å². The van der Waals surface area contributed by atoms with Crippen LogP contribution in [0.5, 0.6) is 0 Å². The van der Waals surface area contributed by atoms with Gasteiger partial charge in [-0.15, -0.1) is 0 Å². The molecule has 0 bridgehead atoms. The smallest absolute Gasteiger partial charge is 0.330 e. The van der Waals surface area contributed by atoms with Crippen LogP contribution in [0.1, 0.15) is 5.56 Å². The van der Waals surface area contributed by atoms with Crippen LogP contribution >= 0.6 is 0 Å². The molecule has 0 radical (unpaired) electrons. The van der Waals surface area contributed by atoms with Crippen LogP contribution in [-0.2, 0) is 29.7 Å². The highest BCUT2D eigenvalue weighted by atomic mass is 16.9. The van der Waals surface area contributed by atoms with Gasteiger partial charge in [-0.3, -0.25) is 0 Å². The zero-order chi connectivity index (χ0) is 13.7. The number of benzene rings is 1. The third-order valence-corrected chi connectivity index (χ3v) is 2.76. The van der Waals surface area contributed by atoms with Gasteiger partial charge in [0, 0.05) is 18.7 Å². The van der Waals surface area contributed by atoms with E-state index in [1.807, 2.05) is 30.3 Å². The normalized spacial score (nSPS) is 26.1. The first kappa shape index (κ1) is 13.7. The molecule has 1 heterocycles. The molecule has 0 amide bonds. The molecule has 1 saturated heterocycles. The van der Waals surface area contributed by atoms with Crippen LogP contribution in [0.4, 0.5) is 0 Å². The van der Waals surface area contributed by atoms with E-state index < -0.39 is 11.9 Å². The highest BCUT2D eigenvalue weighted by molar-refractivity contribution is 5.81. The highest BCUT2D eigenvalue weighted by Gasteiger charge is 2.44. The van der Waals surface area contributed by atoms with Gasteiger partial charge in [0.15, 0.2) is 0 Å². The first-order chi connectivity index (χ1) is 9.20. The van der Waals surface area contributed by atoms with Crippen molar-refractivity contribution in [3.63, 3.8) is 0 Å². The van der Waals surface area contributed by atoms with E-state index in [-0.39, 0.29) is 19.3 Å². The predicted molar refractivity (Wildman–Crippen MR) is 67.1 cm³/mol. The van der Waals surface area contributed by atoms with E-state index in [1.165, 1.54) is 7.11 Å². The quantitative estimate of drug-likeness (QED) is 0.597. The van der Waals surface area contributed by atoms with Crippen LogP contribution in [0.25, 0.3) is 0 Å². The Morgan fingerprint density at radius 1 is 1.53 bits per heavy atom. The maximum atomic E-state index is 11.0. The molecule has 0 aromatic heterocycles. The van der Waals surface area contributed by atoms with Crippen LogP contribution in [-0.4, -0.2) is 32.4 Å². The Kier molecular flexibility index (Phi) is 4.31.